The predicted octanol–water partition coefficient (Wildman–Crippen LogP) is 5.55. The number of hydrogen-bond acceptors (Lipinski definition) is 6. The number of likely N-dealkylation sites (tertiary alicyclic amines) is 1. The molecule has 6 nitrogen and oxygen atoms in total. The SMILES string of the molecule is O=C(NCCCSc1ccccc1)C1CCN(Cc2nc(-c3ccc(Cl)cc3Cl)no2)CC1. The first-order chi connectivity index (χ1) is 16.1. The molecule has 0 radical (unpaired) electrons. The van der Waals surface area contributed by atoms with E-state index in [0.29, 0.717) is 33.9 Å². The topological polar surface area (TPSA) is 71.3 Å². The van der Waals surface area contributed by atoms with Crippen molar-refractivity contribution < 1.29 is 9.32 Å². The Morgan fingerprint density at radius 1 is 1.15 bits per heavy atom. The molecular weight excluding hydrogens is 479 g/mol. The first kappa shape index (κ1) is 24.1. The van der Waals surface area contributed by atoms with Crippen molar-refractivity contribution in [1.82, 2.24) is 20.4 Å². The van der Waals surface area contributed by atoms with Gasteiger partial charge in [0.25, 0.3) is 0 Å². The molecule has 2 heterocycles. The van der Waals surface area contributed by atoms with Crippen LogP contribution in [-0.4, -0.2) is 46.3 Å². The zero-order valence-electron chi connectivity index (χ0n) is 18.2. The third-order valence-electron chi connectivity index (χ3n) is 5.59. The van der Waals surface area contributed by atoms with Crippen molar-refractivity contribution in [2.45, 2.75) is 30.7 Å². The normalized spacial score (nSPS) is 15.0. The van der Waals surface area contributed by atoms with E-state index in [1.54, 1.807) is 18.2 Å². The summed E-state index contributed by atoms with van der Waals surface area (Å²) in [7, 11) is 0. The summed E-state index contributed by atoms with van der Waals surface area (Å²) in [6.07, 6.45) is 2.62. The monoisotopic (exact) mass is 504 g/mol. The van der Waals surface area contributed by atoms with E-state index in [2.05, 4.69) is 32.5 Å². The molecule has 0 unspecified atom stereocenters. The third-order valence-corrected chi connectivity index (χ3v) is 7.24. The highest BCUT2D eigenvalue weighted by Gasteiger charge is 2.26. The van der Waals surface area contributed by atoms with Gasteiger partial charge in [-0.1, -0.05) is 46.6 Å². The summed E-state index contributed by atoms with van der Waals surface area (Å²) in [5.41, 5.74) is 0.689. The zero-order chi connectivity index (χ0) is 23.0. The molecule has 1 fully saturated rings. The summed E-state index contributed by atoms with van der Waals surface area (Å²) < 4.78 is 5.41. The number of benzene rings is 2. The van der Waals surface area contributed by atoms with Crippen molar-refractivity contribution in [2.75, 3.05) is 25.4 Å². The molecule has 1 aliphatic rings. The van der Waals surface area contributed by atoms with Crippen molar-refractivity contribution in [3.63, 3.8) is 0 Å². The number of aromatic nitrogens is 2. The summed E-state index contributed by atoms with van der Waals surface area (Å²) in [5, 5.41) is 8.19. The summed E-state index contributed by atoms with van der Waals surface area (Å²) >= 11 is 14.0. The van der Waals surface area contributed by atoms with Crippen molar-refractivity contribution in [1.29, 1.82) is 0 Å². The van der Waals surface area contributed by atoms with Crippen LogP contribution >= 0.6 is 35.0 Å². The molecule has 1 aromatic heterocycles. The van der Waals surface area contributed by atoms with E-state index in [1.807, 2.05) is 30.0 Å². The standard InChI is InChI=1S/C24H26Cl2N4O2S/c25-18-7-8-20(21(26)15-18)23-28-22(32-29-23)16-30-12-9-17(10-13-30)24(31)27-11-4-14-33-19-5-2-1-3-6-19/h1-3,5-8,15,17H,4,9-14,16H2,(H,27,31). The highest BCUT2D eigenvalue weighted by molar-refractivity contribution is 7.99. The fourth-order valence-corrected chi connectivity index (χ4v) is 5.15. The van der Waals surface area contributed by atoms with Gasteiger partial charge in [-0.2, -0.15) is 4.98 Å². The van der Waals surface area contributed by atoms with Gasteiger partial charge in [0.1, 0.15) is 0 Å². The predicted molar refractivity (Wildman–Crippen MR) is 133 cm³/mol. The second kappa shape index (κ2) is 11.9. The summed E-state index contributed by atoms with van der Waals surface area (Å²) in [6.45, 7) is 2.92. The Hall–Kier alpha value is -2.06. The van der Waals surface area contributed by atoms with E-state index in [-0.39, 0.29) is 11.8 Å². The molecule has 0 bridgehead atoms. The Morgan fingerprint density at radius 3 is 2.70 bits per heavy atom. The van der Waals surface area contributed by atoms with Crippen LogP contribution in [0.25, 0.3) is 11.4 Å². The third kappa shape index (κ3) is 6.96. The number of rotatable bonds is 9. The van der Waals surface area contributed by atoms with E-state index in [4.69, 9.17) is 27.7 Å². The average Bonchev–Trinajstić information content (AvgIpc) is 3.28. The molecular formula is C24H26Cl2N4O2S. The number of nitrogens with one attached hydrogen (secondary N) is 1. The lowest BCUT2D eigenvalue weighted by Crippen LogP contribution is -2.40. The largest absolute Gasteiger partial charge is 0.356 e. The Kier molecular flexibility index (Phi) is 8.67. The molecule has 1 aliphatic heterocycles. The van der Waals surface area contributed by atoms with Gasteiger partial charge in [0.15, 0.2) is 0 Å². The van der Waals surface area contributed by atoms with Crippen LogP contribution in [0.5, 0.6) is 0 Å². The Morgan fingerprint density at radius 2 is 1.94 bits per heavy atom. The molecule has 174 valence electrons. The van der Waals surface area contributed by atoms with Gasteiger partial charge in [-0.05, 0) is 68.4 Å². The van der Waals surface area contributed by atoms with E-state index >= 15 is 0 Å². The number of piperidine rings is 1. The van der Waals surface area contributed by atoms with Gasteiger partial charge in [-0.3, -0.25) is 9.69 Å². The second-order valence-electron chi connectivity index (χ2n) is 7.99. The Labute approximate surface area is 208 Å². The number of halogens is 2. The van der Waals surface area contributed by atoms with Gasteiger partial charge in [0, 0.05) is 27.9 Å². The molecule has 2 aromatic carbocycles. The fourth-order valence-electron chi connectivity index (χ4n) is 3.78. The smallest absolute Gasteiger partial charge is 0.241 e. The summed E-state index contributed by atoms with van der Waals surface area (Å²) in [4.78, 5) is 20.5. The van der Waals surface area contributed by atoms with Gasteiger partial charge in [-0.15, -0.1) is 11.8 Å². The number of hydrogen-bond donors (Lipinski definition) is 1. The van der Waals surface area contributed by atoms with Gasteiger partial charge >= 0.3 is 0 Å². The molecule has 0 spiro atoms. The van der Waals surface area contributed by atoms with Gasteiger partial charge in [0.2, 0.25) is 17.6 Å². The molecule has 3 aromatic rings. The first-order valence-corrected chi connectivity index (χ1v) is 12.8. The van der Waals surface area contributed by atoms with Crippen LogP contribution in [0.15, 0.2) is 57.9 Å². The van der Waals surface area contributed by atoms with Crippen LogP contribution in [0.3, 0.4) is 0 Å². The van der Waals surface area contributed by atoms with Crippen molar-refractivity contribution >= 4 is 40.9 Å². The quantitative estimate of drug-likeness (QED) is 0.304. The molecule has 0 aliphatic carbocycles. The first-order valence-electron chi connectivity index (χ1n) is 11.0. The maximum absolute atomic E-state index is 12.5. The lowest BCUT2D eigenvalue weighted by Gasteiger charge is -2.30. The Bertz CT molecular complexity index is 1060. The van der Waals surface area contributed by atoms with E-state index < -0.39 is 0 Å². The molecule has 0 atom stereocenters. The highest BCUT2D eigenvalue weighted by atomic mass is 35.5. The van der Waals surface area contributed by atoms with Crippen LogP contribution in [0.1, 0.15) is 25.2 Å². The maximum atomic E-state index is 12.5. The molecule has 1 N–H and O–H groups in total. The molecule has 4 rings (SSSR count). The summed E-state index contributed by atoms with van der Waals surface area (Å²) in [5.74, 6) is 2.21. The van der Waals surface area contributed by atoms with Gasteiger partial charge in [0.05, 0.1) is 11.6 Å². The number of carbonyl (C=O) groups excluding carboxylic acids is 1. The molecule has 0 saturated carbocycles. The van der Waals surface area contributed by atoms with Crippen molar-refractivity contribution in [3.8, 4) is 11.4 Å². The number of carbonyl (C=O) groups is 1. The maximum Gasteiger partial charge on any atom is 0.241 e. The molecule has 1 saturated heterocycles. The fraction of sp³-hybridized carbons (Fsp3) is 0.375. The molecule has 9 heteroatoms. The van der Waals surface area contributed by atoms with Crippen LogP contribution < -0.4 is 5.32 Å². The van der Waals surface area contributed by atoms with Gasteiger partial charge < -0.3 is 9.84 Å². The lowest BCUT2D eigenvalue weighted by atomic mass is 9.96. The van der Waals surface area contributed by atoms with Crippen LogP contribution in [0.2, 0.25) is 10.0 Å². The minimum atomic E-state index is 0.0640. The molecule has 33 heavy (non-hydrogen) atoms. The van der Waals surface area contributed by atoms with E-state index in [1.165, 1.54) is 4.90 Å². The minimum absolute atomic E-state index is 0.0640. The number of thioether (sulfide) groups is 1. The van der Waals surface area contributed by atoms with Crippen LogP contribution in [0.4, 0.5) is 0 Å². The van der Waals surface area contributed by atoms with Crippen molar-refractivity contribution in [2.24, 2.45) is 5.92 Å². The minimum Gasteiger partial charge on any atom is -0.356 e. The van der Waals surface area contributed by atoms with Crippen LogP contribution in [-0.2, 0) is 11.3 Å². The van der Waals surface area contributed by atoms with Crippen molar-refractivity contribution in [3.05, 3.63) is 64.5 Å². The molecule has 1 amide bonds. The Balaban J connectivity index is 1.16. The summed E-state index contributed by atoms with van der Waals surface area (Å²) in [6, 6.07) is 15.5. The lowest BCUT2D eigenvalue weighted by molar-refractivity contribution is -0.126. The van der Waals surface area contributed by atoms with Gasteiger partial charge in [-0.25, -0.2) is 0 Å². The van der Waals surface area contributed by atoms with E-state index in [9.17, 15) is 4.79 Å². The number of nitrogens with zero attached hydrogens (tertiary/aromatic N) is 3. The van der Waals surface area contributed by atoms with Crippen LogP contribution in [0, 0.1) is 5.92 Å². The number of amides is 1. The highest BCUT2D eigenvalue weighted by Crippen LogP contribution is 2.29. The second-order valence-corrected chi connectivity index (χ2v) is 10.0. The van der Waals surface area contributed by atoms with E-state index in [0.717, 1.165) is 44.6 Å². The average molecular weight is 505 g/mol. The zero-order valence-corrected chi connectivity index (χ0v) is 20.5.